The zero-order chi connectivity index (χ0) is 14.2. The lowest BCUT2D eigenvalue weighted by Crippen LogP contribution is -2.49. The van der Waals surface area contributed by atoms with E-state index in [1.807, 2.05) is 0 Å². The third kappa shape index (κ3) is 2.94. The summed E-state index contributed by atoms with van der Waals surface area (Å²) in [6.07, 6.45) is 3.90. The minimum atomic E-state index is -3.48. The fraction of sp³-hybridized carbons (Fsp3) is 0.615. The van der Waals surface area contributed by atoms with Crippen LogP contribution in [0.5, 0.6) is 0 Å². The maximum absolute atomic E-state index is 12.4. The van der Waals surface area contributed by atoms with Crippen LogP contribution < -0.4 is 5.56 Å². The normalized spacial score (nSPS) is 22.0. The van der Waals surface area contributed by atoms with Crippen LogP contribution in [0, 0.1) is 5.92 Å². The molecule has 1 aliphatic heterocycles. The largest absolute Gasteiger partial charge is 0.328 e. The van der Waals surface area contributed by atoms with Crippen molar-refractivity contribution in [3.63, 3.8) is 0 Å². The first kappa shape index (κ1) is 13.8. The molecule has 1 aromatic heterocycles. The Labute approximate surface area is 118 Å². The van der Waals surface area contributed by atoms with Crippen molar-refractivity contribution in [2.24, 2.45) is 5.92 Å². The molecule has 1 aromatic rings. The number of rotatable bonds is 4. The molecule has 1 saturated heterocycles. The first-order valence-electron chi connectivity index (χ1n) is 6.97. The number of nitrogens with zero attached hydrogens (tertiary/aromatic N) is 2. The Morgan fingerprint density at radius 3 is 2.40 bits per heavy atom. The predicted octanol–water partition coefficient (Wildman–Crippen LogP) is 0.0912. The van der Waals surface area contributed by atoms with E-state index in [0.717, 1.165) is 25.6 Å². The summed E-state index contributed by atoms with van der Waals surface area (Å²) in [5, 5.41) is 0. The highest BCUT2D eigenvalue weighted by atomic mass is 32.2. The number of hydrogen-bond donors (Lipinski definition) is 1. The standard InChI is InChI=1S/C13H19N3O3S/c17-13-4-3-12(9-14-13)20(18,19)16-7-5-15(6-8-16)10-11-1-2-11/h3-4,9,11H,1-2,5-8,10H2,(H,14,17). The molecule has 7 heteroatoms. The van der Waals surface area contributed by atoms with E-state index in [9.17, 15) is 13.2 Å². The summed E-state index contributed by atoms with van der Waals surface area (Å²) >= 11 is 0. The SMILES string of the molecule is O=c1ccc(S(=O)(=O)N2CCN(CC3CC3)CC2)c[nH]1. The summed E-state index contributed by atoms with van der Waals surface area (Å²) in [6.45, 7) is 3.73. The van der Waals surface area contributed by atoms with Crippen LogP contribution in [0.4, 0.5) is 0 Å². The van der Waals surface area contributed by atoms with Crippen LogP contribution in [0.15, 0.2) is 28.0 Å². The van der Waals surface area contributed by atoms with E-state index in [1.54, 1.807) is 0 Å². The zero-order valence-electron chi connectivity index (χ0n) is 11.3. The maximum atomic E-state index is 12.4. The van der Waals surface area contributed by atoms with Gasteiger partial charge in [0.1, 0.15) is 0 Å². The van der Waals surface area contributed by atoms with Gasteiger partial charge in [0, 0.05) is 45.0 Å². The van der Waals surface area contributed by atoms with Gasteiger partial charge in [-0.15, -0.1) is 0 Å². The van der Waals surface area contributed by atoms with Gasteiger partial charge in [0.25, 0.3) is 0 Å². The van der Waals surface area contributed by atoms with Crippen molar-refractivity contribution in [3.05, 3.63) is 28.7 Å². The van der Waals surface area contributed by atoms with Crippen molar-refractivity contribution in [1.29, 1.82) is 0 Å². The van der Waals surface area contributed by atoms with E-state index >= 15 is 0 Å². The number of H-pyrrole nitrogens is 1. The predicted molar refractivity (Wildman–Crippen MR) is 75.0 cm³/mol. The van der Waals surface area contributed by atoms with E-state index in [1.165, 1.54) is 35.5 Å². The molecule has 1 saturated carbocycles. The van der Waals surface area contributed by atoms with Gasteiger partial charge in [-0.05, 0) is 24.8 Å². The summed E-state index contributed by atoms with van der Waals surface area (Å²) in [7, 11) is -3.48. The first-order valence-corrected chi connectivity index (χ1v) is 8.41. The molecule has 0 amide bonds. The quantitative estimate of drug-likeness (QED) is 0.855. The Morgan fingerprint density at radius 1 is 1.15 bits per heavy atom. The van der Waals surface area contributed by atoms with E-state index in [0.29, 0.717) is 13.1 Å². The molecule has 2 fully saturated rings. The molecule has 0 unspecified atom stereocenters. The number of aromatic nitrogens is 1. The van der Waals surface area contributed by atoms with Crippen LogP contribution in [0.25, 0.3) is 0 Å². The fourth-order valence-corrected chi connectivity index (χ4v) is 3.91. The average Bonchev–Trinajstić information content (AvgIpc) is 3.24. The molecule has 3 rings (SSSR count). The summed E-state index contributed by atoms with van der Waals surface area (Å²) in [5.41, 5.74) is -0.293. The molecular weight excluding hydrogens is 278 g/mol. The summed E-state index contributed by atoms with van der Waals surface area (Å²) in [4.78, 5) is 15.9. The van der Waals surface area contributed by atoms with Crippen LogP contribution in [-0.2, 0) is 10.0 Å². The Balaban J connectivity index is 1.66. The van der Waals surface area contributed by atoms with Crippen LogP contribution in [0.3, 0.4) is 0 Å². The molecule has 0 bridgehead atoms. The third-order valence-corrected chi connectivity index (χ3v) is 5.83. The number of sulfonamides is 1. The van der Waals surface area contributed by atoms with Gasteiger partial charge >= 0.3 is 0 Å². The lowest BCUT2D eigenvalue weighted by molar-refractivity contribution is 0.182. The Morgan fingerprint density at radius 2 is 1.85 bits per heavy atom. The van der Waals surface area contributed by atoms with Gasteiger partial charge in [-0.1, -0.05) is 0 Å². The number of pyridine rings is 1. The number of piperazine rings is 1. The monoisotopic (exact) mass is 297 g/mol. The first-order chi connectivity index (χ1) is 9.55. The van der Waals surface area contributed by atoms with E-state index in [4.69, 9.17) is 0 Å². The van der Waals surface area contributed by atoms with Crippen molar-refractivity contribution in [2.45, 2.75) is 17.7 Å². The minimum Gasteiger partial charge on any atom is -0.328 e. The van der Waals surface area contributed by atoms with Gasteiger partial charge < -0.3 is 9.88 Å². The Hall–Kier alpha value is -1.18. The molecule has 110 valence electrons. The van der Waals surface area contributed by atoms with Crippen LogP contribution >= 0.6 is 0 Å². The Bertz CT molecular complexity index is 608. The van der Waals surface area contributed by atoms with Crippen molar-refractivity contribution in [3.8, 4) is 0 Å². The number of nitrogens with one attached hydrogen (secondary N) is 1. The smallest absolute Gasteiger partial charge is 0.247 e. The molecule has 0 radical (unpaired) electrons. The number of aromatic amines is 1. The van der Waals surface area contributed by atoms with Crippen molar-refractivity contribution < 1.29 is 8.42 Å². The molecule has 0 aromatic carbocycles. The van der Waals surface area contributed by atoms with Gasteiger partial charge in [0.05, 0.1) is 4.90 Å². The molecule has 1 aliphatic carbocycles. The minimum absolute atomic E-state index is 0.160. The average molecular weight is 297 g/mol. The highest BCUT2D eigenvalue weighted by molar-refractivity contribution is 7.89. The van der Waals surface area contributed by atoms with Gasteiger partial charge in [-0.3, -0.25) is 4.79 Å². The van der Waals surface area contributed by atoms with Gasteiger partial charge in [0.15, 0.2) is 0 Å². The second kappa shape index (κ2) is 5.31. The van der Waals surface area contributed by atoms with Gasteiger partial charge in [-0.25, -0.2) is 8.42 Å². The van der Waals surface area contributed by atoms with Crippen LogP contribution in [0.1, 0.15) is 12.8 Å². The highest BCUT2D eigenvalue weighted by Gasteiger charge is 2.31. The maximum Gasteiger partial charge on any atom is 0.247 e. The lowest BCUT2D eigenvalue weighted by Gasteiger charge is -2.33. The number of hydrogen-bond acceptors (Lipinski definition) is 4. The molecule has 20 heavy (non-hydrogen) atoms. The fourth-order valence-electron chi connectivity index (χ4n) is 2.52. The molecular formula is C13H19N3O3S. The highest BCUT2D eigenvalue weighted by Crippen LogP contribution is 2.30. The third-order valence-electron chi connectivity index (χ3n) is 3.94. The Kier molecular flexibility index (Phi) is 3.66. The van der Waals surface area contributed by atoms with E-state index in [-0.39, 0.29) is 10.5 Å². The molecule has 2 aliphatic rings. The second-order valence-electron chi connectivity index (χ2n) is 5.54. The van der Waals surface area contributed by atoms with E-state index in [2.05, 4.69) is 9.88 Å². The summed E-state index contributed by atoms with van der Waals surface area (Å²) in [6, 6.07) is 2.61. The van der Waals surface area contributed by atoms with Crippen LogP contribution in [-0.4, -0.2) is 55.3 Å². The van der Waals surface area contributed by atoms with Crippen molar-refractivity contribution in [1.82, 2.24) is 14.2 Å². The molecule has 0 atom stereocenters. The summed E-state index contributed by atoms with van der Waals surface area (Å²) in [5.74, 6) is 0.831. The molecule has 1 N–H and O–H groups in total. The van der Waals surface area contributed by atoms with Gasteiger partial charge in [-0.2, -0.15) is 4.31 Å². The molecule has 0 spiro atoms. The molecule has 2 heterocycles. The zero-order valence-corrected chi connectivity index (χ0v) is 12.1. The van der Waals surface area contributed by atoms with Crippen molar-refractivity contribution in [2.75, 3.05) is 32.7 Å². The van der Waals surface area contributed by atoms with Gasteiger partial charge in [0.2, 0.25) is 15.6 Å². The molecule has 6 nitrogen and oxygen atoms in total. The van der Waals surface area contributed by atoms with Crippen LogP contribution in [0.2, 0.25) is 0 Å². The van der Waals surface area contributed by atoms with Crippen molar-refractivity contribution >= 4 is 10.0 Å². The van der Waals surface area contributed by atoms with E-state index < -0.39 is 10.0 Å². The lowest BCUT2D eigenvalue weighted by atomic mass is 10.3. The topological polar surface area (TPSA) is 73.5 Å². The second-order valence-corrected chi connectivity index (χ2v) is 7.47. The summed E-state index contributed by atoms with van der Waals surface area (Å²) < 4.78 is 26.4.